The van der Waals surface area contributed by atoms with E-state index in [0.717, 1.165) is 31.0 Å². The minimum absolute atomic E-state index is 0.0252. The highest BCUT2D eigenvalue weighted by Gasteiger charge is 2.55. The molecule has 7 nitrogen and oxygen atoms in total. The van der Waals surface area contributed by atoms with Gasteiger partial charge >= 0.3 is 5.97 Å². The number of hydrogen-bond donors (Lipinski definition) is 2. The molecule has 2 heterocycles. The SMILES string of the molecule is O=C(O)c1cc(-c2ccc(/C=C3/SC(=S)N(NC(=O)C45CC6CC(CC(C6)C4)C5)C3=O)o2)ccc1Cl. The second kappa shape index (κ2) is 8.75. The van der Waals surface area contributed by atoms with Crippen molar-refractivity contribution in [2.24, 2.45) is 23.2 Å². The topological polar surface area (TPSA) is 99.9 Å². The van der Waals surface area contributed by atoms with Crippen molar-refractivity contribution < 1.29 is 23.9 Å². The number of carbonyl (C=O) groups is 3. The maximum Gasteiger partial charge on any atom is 0.337 e. The highest BCUT2D eigenvalue weighted by molar-refractivity contribution is 8.26. The Labute approximate surface area is 222 Å². The van der Waals surface area contributed by atoms with E-state index in [9.17, 15) is 19.5 Å². The predicted molar refractivity (Wildman–Crippen MR) is 140 cm³/mol. The molecule has 1 saturated heterocycles. The van der Waals surface area contributed by atoms with E-state index in [4.69, 9.17) is 28.2 Å². The molecular formula is C26H23ClN2O5S2. The molecular weight excluding hydrogens is 520 g/mol. The van der Waals surface area contributed by atoms with E-state index >= 15 is 0 Å². The molecule has 10 heteroatoms. The fourth-order valence-electron chi connectivity index (χ4n) is 6.73. The first kappa shape index (κ1) is 23.8. The van der Waals surface area contributed by atoms with Gasteiger partial charge in [0.15, 0.2) is 4.32 Å². The second-order valence-electron chi connectivity index (χ2n) is 10.4. The first-order valence-corrected chi connectivity index (χ1v) is 13.5. The summed E-state index contributed by atoms with van der Waals surface area (Å²) in [6, 6.07) is 7.98. The lowest BCUT2D eigenvalue weighted by Gasteiger charge is -2.55. The van der Waals surface area contributed by atoms with E-state index in [2.05, 4.69) is 5.43 Å². The Bertz CT molecular complexity index is 1310. The number of carboxylic acids is 1. The van der Waals surface area contributed by atoms with Gasteiger partial charge in [-0.15, -0.1) is 0 Å². The number of furan rings is 1. The molecule has 2 aromatic rings. The number of nitrogens with one attached hydrogen (secondary N) is 1. The quantitative estimate of drug-likeness (QED) is 0.366. The zero-order chi connectivity index (χ0) is 25.2. The lowest BCUT2D eigenvalue weighted by molar-refractivity contribution is -0.152. The molecule has 186 valence electrons. The van der Waals surface area contributed by atoms with Gasteiger partial charge in [-0.2, -0.15) is 5.01 Å². The molecule has 1 aromatic carbocycles. The predicted octanol–water partition coefficient (Wildman–Crippen LogP) is 5.75. The number of benzene rings is 1. The van der Waals surface area contributed by atoms with Crippen molar-refractivity contribution >= 4 is 63.8 Å². The van der Waals surface area contributed by atoms with E-state index in [-0.39, 0.29) is 32.1 Å². The summed E-state index contributed by atoms with van der Waals surface area (Å²) in [5, 5.41) is 10.6. The number of thiocarbonyl (C=S) groups is 1. The molecule has 0 unspecified atom stereocenters. The number of thioether (sulfide) groups is 1. The fourth-order valence-corrected chi connectivity index (χ4v) is 8.09. The van der Waals surface area contributed by atoms with Gasteiger partial charge in [-0.25, -0.2) is 4.79 Å². The zero-order valence-corrected chi connectivity index (χ0v) is 21.5. The fraction of sp³-hybridized carbons (Fsp3) is 0.385. The van der Waals surface area contributed by atoms with Gasteiger partial charge in [0.1, 0.15) is 11.5 Å². The van der Waals surface area contributed by atoms with Gasteiger partial charge in [-0.05, 0) is 98.8 Å². The highest BCUT2D eigenvalue weighted by atomic mass is 35.5. The molecule has 4 aliphatic carbocycles. The van der Waals surface area contributed by atoms with E-state index in [0.29, 0.717) is 39.7 Å². The van der Waals surface area contributed by atoms with Crippen LogP contribution in [0.15, 0.2) is 39.7 Å². The normalized spacial score (nSPS) is 29.9. The van der Waals surface area contributed by atoms with Gasteiger partial charge in [0.2, 0.25) is 5.91 Å². The van der Waals surface area contributed by atoms with Crippen LogP contribution in [0.5, 0.6) is 0 Å². The first-order chi connectivity index (χ1) is 17.2. The summed E-state index contributed by atoms with van der Waals surface area (Å²) < 4.78 is 6.12. The molecule has 1 aliphatic heterocycles. The number of hydrazine groups is 1. The Morgan fingerprint density at radius 3 is 2.44 bits per heavy atom. The number of amides is 2. The minimum Gasteiger partial charge on any atom is -0.478 e. The molecule has 0 radical (unpaired) electrons. The van der Waals surface area contributed by atoms with Gasteiger partial charge in [0.25, 0.3) is 5.91 Å². The number of halogens is 1. The molecule has 0 atom stereocenters. The van der Waals surface area contributed by atoms with Gasteiger partial charge in [0.05, 0.1) is 20.9 Å². The lowest BCUT2D eigenvalue weighted by atomic mass is 9.49. The molecule has 7 rings (SSSR count). The zero-order valence-electron chi connectivity index (χ0n) is 19.2. The minimum atomic E-state index is -1.13. The van der Waals surface area contributed by atoms with Crippen molar-refractivity contribution in [3.05, 3.63) is 51.6 Å². The summed E-state index contributed by atoms with van der Waals surface area (Å²) >= 11 is 12.5. The van der Waals surface area contributed by atoms with Crippen molar-refractivity contribution in [1.29, 1.82) is 0 Å². The molecule has 5 aliphatic rings. The maximum absolute atomic E-state index is 13.4. The van der Waals surface area contributed by atoms with Crippen LogP contribution in [-0.2, 0) is 9.59 Å². The van der Waals surface area contributed by atoms with E-state index in [1.54, 1.807) is 24.3 Å². The third-order valence-electron chi connectivity index (χ3n) is 7.91. The van der Waals surface area contributed by atoms with Crippen molar-refractivity contribution in [2.75, 3.05) is 0 Å². The molecule has 1 aromatic heterocycles. The Hall–Kier alpha value is -2.62. The van der Waals surface area contributed by atoms with Gasteiger partial charge < -0.3 is 9.52 Å². The van der Waals surface area contributed by atoms with Crippen LogP contribution < -0.4 is 5.43 Å². The Morgan fingerprint density at radius 1 is 1.14 bits per heavy atom. The van der Waals surface area contributed by atoms with Crippen molar-refractivity contribution in [3.8, 4) is 11.3 Å². The van der Waals surface area contributed by atoms with Crippen LogP contribution in [0.25, 0.3) is 17.4 Å². The Kier molecular flexibility index (Phi) is 5.77. The number of carbonyl (C=O) groups excluding carboxylic acids is 2. The standard InChI is InChI=1S/C26H23ClN2O5S2/c27-19-3-1-16(8-18(19)23(31)32)20-4-2-17(34-20)9-21-22(30)29(25(35)36-21)28-24(33)26-10-13-5-14(11-26)7-15(6-13)12-26/h1-4,8-9,13-15H,5-7,10-12H2,(H,28,33)(H,31,32)/b21-9+. The molecule has 5 fully saturated rings. The Morgan fingerprint density at radius 2 is 1.81 bits per heavy atom. The summed E-state index contributed by atoms with van der Waals surface area (Å²) in [5.41, 5.74) is 2.99. The van der Waals surface area contributed by atoms with Crippen LogP contribution in [0.1, 0.15) is 54.6 Å². The average molecular weight is 543 g/mol. The molecule has 0 spiro atoms. The number of carboxylic acid groups (broad SMARTS) is 1. The van der Waals surface area contributed by atoms with E-state index in [1.807, 2.05) is 0 Å². The maximum atomic E-state index is 13.4. The van der Waals surface area contributed by atoms with Crippen LogP contribution in [0, 0.1) is 23.2 Å². The number of hydrogen-bond acceptors (Lipinski definition) is 6. The summed E-state index contributed by atoms with van der Waals surface area (Å²) in [6.45, 7) is 0. The summed E-state index contributed by atoms with van der Waals surface area (Å²) in [4.78, 5) is 38.3. The molecule has 36 heavy (non-hydrogen) atoms. The van der Waals surface area contributed by atoms with Gasteiger partial charge in [0, 0.05) is 11.6 Å². The molecule has 4 bridgehead atoms. The second-order valence-corrected chi connectivity index (χ2v) is 12.4. The van der Waals surface area contributed by atoms with Crippen LogP contribution in [0.4, 0.5) is 0 Å². The monoisotopic (exact) mass is 542 g/mol. The Balaban J connectivity index is 1.18. The third-order valence-corrected chi connectivity index (χ3v) is 9.54. The molecule has 4 saturated carbocycles. The highest BCUT2D eigenvalue weighted by Crippen LogP contribution is 2.60. The van der Waals surface area contributed by atoms with Crippen LogP contribution in [0.2, 0.25) is 5.02 Å². The van der Waals surface area contributed by atoms with Crippen LogP contribution in [-0.4, -0.2) is 32.2 Å². The van der Waals surface area contributed by atoms with E-state index in [1.165, 1.54) is 36.4 Å². The molecule has 2 amide bonds. The third kappa shape index (κ3) is 4.07. The average Bonchev–Trinajstić information content (AvgIpc) is 3.38. The van der Waals surface area contributed by atoms with Crippen LogP contribution >= 0.6 is 35.6 Å². The summed E-state index contributed by atoms with van der Waals surface area (Å²) in [7, 11) is 0. The first-order valence-electron chi connectivity index (χ1n) is 11.9. The van der Waals surface area contributed by atoms with Crippen LogP contribution in [0.3, 0.4) is 0 Å². The smallest absolute Gasteiger partial charge is 0.337 e. The summed E-state index contributed by atoms with van der Waals surface area (Å²) in [5.74, 6) is 1.09. The van der Waals surface area contributed by atoms with Gasteiger partial charge in [-0.3, -0.25) is 15.0 Å². The van der Waals surface area contributed by atoms with Crippen molar-refractivity contribution in [1.82, 2.24) is 10.4 Å². The molecule has 2 N–H and O–H groups in total. The van der Waals surface area contributed by atoms with Crippen molar-refractivity contribution in [2.45, 2.75) is 38.5 Å². The largest absolute Gasteiger partial charge is 0.478 e. The number of nitrogens with zero attached hydrogens (tertiary/aromatic N) is 1. The number of aromatic carboxylic acids is 1. The number of rotatable bonds is 5. The summed E-state index contributed by atoms with van der Waals surface area (Å²) in [6.07, 6.45) is 7.98. The van der Waals surface area contributed by atoms with E-state index < -0.39 is 5.97 Å². The van der Waals surface area contributed by atoms with Crippen molar-refractivity contribution in [3.63, 3.8) is 0 Å². The lowest BCUT2D eigenvalue weighted by Crippen LogP contribution is -2.57. The van der Waals surface area contributed by atoms with Gasteiger partial charge in [-0.1, -0.05) is 23.4 Å².